The molecule has 0 aliphatic heterocycles. The molecule has 0 saturated heterocycles. The second-order valence-corrected chi connectivity index (χ2v) is 6.55. The summed E-state index contributed by atoms with van der Waals surface area (Å²) in [4.78, 5) is 4.88. The quantitative estimate of drug-likeness (QED) is 0.525. The van der Waals surface area contributed by atoms with E-state index in [1.807, 2.05) is 0 Å². The molecule has 0 bridgehead atoms. The number of hydrogen-bond donors (Lipinski definition) is 1. The van der Waals surface area contributed by atoms with E-state index in [9.17, 15) is 0 Å². The number of aryl methyl sites for hydroxylation is 3. The molecule has 0 fully saturated rings. The van der Waals surface area contributed by atoms with Crippen LogP contribution in [0.3, 0.4) is 0 Å². The molecule has 0 saturated carbocycles. The van der Waals surface area contributed by atoms with Gasteiger partial charge in [0.2, 0.25) is 0 Å². The van der Waals surface area contributed by atoms with Crippen molar-refractivity contribution in [1.29, 1.82) is 0 Å². The minimum absolute atomic E-state index is 0.942. The van der Waals surface area contributed by atoms with Gasteiger partial charge >= 0.3 is 0 Å². The van der Waals surface area contributed by atoms with Gasteiger partial charge in [0.25, 0.3) is 0 Å². The summed E-state index contributed by atoms with van der Waals surface area (Å²) in [5, 5.41) is 3.60. The Bertz CT molecular complexity index is 1040. The lowest BCUT2D eigenvalue weighted by atomic mass is 10.1. The standard InChI is InChI=1S/C22H21N3/c1-15-8-11-18(12-9-15)21-22(23-19-7-5-4-6-17(19)3)25-14-16(2)10-13-20(25)24-21/h4-14,23H,1-3H3. The van der Waals surface area contributed by atoms with E-state index in [-0.39, 0.29) is 0 Å². The minimum atomic E-state index is 0.942. The van der Waals surface area contributed by atoms with Gasteiger partial charge in [-0.15, -0.1) is 0 Å². The zero-order chi connectivity index (χ0) is 17.4. The van der Waals surface area contributed by atoms with Crippen LogP contribution in [-0.4, -0.2) is 9.38 Å². The zero-order valence-electron chi connectivity index (χ0n) is 14.7. The summed E-state index contributed by atoms with van der Waals surface area (Å²) < 4.78 is 2.14. The molecule has 3 heteroatoms. The first-order valence-corrected chi connectivity index (χ1v) is 8.50. The van der Waals surface area contributed by atoms with Gasteiger partial charge in [-0.05, 0) is 44.0 Å². The molecule has 0 radical (unpaired) electrons. The highest BCUT2D eigenvalue weighted by atomic mass is 15.1. The van der Waals surface area contributed by atoms with Crippen molar-refractivity contribution in [2.45, 2.75) is 20.8 Å². The maximum atomic E-state index is 4.88. The van der Waals surface area contributed by atoms with Crippen molar-refractivity contribution in [2.24, 2.45) is 0 Å². The number of aromatic nitrogens is 2. The molecule has 2 aromatic heterocycles. The highest BCUT2D eigenvalue weighted by Crippen LogP contribution is 2.32. The van der Waals surface area contributed by atoms with Gasteiger partial charge in [0.15, 0.2) is 0 Å². The van der Waals surface area contributed by atoms with Gasteiger partial charge in [-0.2, -0.15) is 0 Å². The Labute approximate surface area is 148 Å². The highest BCUT2D eigenvalue weighted by Gasteiger charge is 2.15. The van der Waals surface area contributed by atoms with Crippen molar-refractivity contribution in [3.63, 3.8) is 0 Å². The van der Waals surface area contributed by atoms with Gasteiger partial charge in [-0.3, -0.25) is 4.40 Å². The van der Waals surface area contributed by atoms with E-state index >= 15 is 0 Å². The van der Waals surface area contributed by atoms with Crippen molar-refractivity contribution in [1.82, 2.24) is 9.38 Å². The summed E-state index contributed by atoms with van der Waals surface area (Å²) in [7, 11) is 0. The number of pyridine rings is 1. The van der Waals surface area contributed by atoms with Crippen LogP contribution < -0.4 is 5.32 Å². The molecule has 4 aromatic rings. The molecule has 2 aromatic carbocycles. The molecule has 25 heavy (non-hydrogen) atoms. The number of hydrogen-bond acceptors (Lipinski definition) is 2. The molecular weight excluding hydrogens is 306 g/mol. The molecule has 0 unspecified atom stereocenters. The number of nitrogens with one attached hydrogen (secondary N) is 1. The third-order valence-corrected chi connectivity index (χ3v) is 4.49. The first kappa shape index (κ1) is 15.5. The largest absolute Gasteiger partial charge is 0.339 e. The van der Waals surface area contributed by atoms with E-state index < -0.39 is 0 Å². The van der Waals surface area contributed by atoms with Crippen molar-refractivity contribution in [3.8, 4) is 11.3 Å². The lowest BCUT2D eigenvalue weighted by Gasteiger charge is -2.11. The molecule has 1 N–H and O–H groups in total. The fraction of sp³-hybridized carbons (Fsp3) is 0.136. The third-order valence-electron chi connectivity index (χ3n) is 4.49. The number of nitrogens with zero attached hydrogens (tertiary/aromatic N) is 2. The molecule has 3 nitrogen and oxygen atoms in total. The molecule has 4 rings (SSSR count). The van der Waals surface area contributed by atoms with Crippen molar-refractivity contribution in [3.05, 3.63) is 83.6 Å². The van der Waals surface area contributed by atoms with Crippen molar-refractivity contribution in [2.75, 3.05) is 5.32 Å². The fourth-order valence-electron chi connectivity index (χ4n) is 3.02. The van der Waals surface area contributed by atoms with Crippen LogP contribution in [0.4, 0.5) is 11.5 Å². The Morgan fingerprint density at radius 1 is 0.800 bits per heavy atom. The molecular formula is C22H21N3. The number of imidazole rings is 1. The van der Waals surface area contributed by atoms with Crippen LogP contribution in [0.1, 0.15) is 16.7 Å². The SMILES string of the molecule is Cc1ccc(-c2nc3ccc(C)cn3c2Nc2ccccc2C)cc1. The Morgan fingerprint density at radius 2 is 1.52 bits per heavy atom. The van der Waals surface area contributed by atoms with Crippen LogP contribution in [-0.2, 0) is 0 Å². The summed E-state index contributed by atoms with van der Waals surface area (Å²) in [6.07, 6.45) is 2.13. The van der Waals surface area contributed by atoms with Crippen LogP contribution in [0, 0.1) is 20.8 Å². The van der Waals surface area contributed by atoms with E-state index in [4.69, 9.17) is 4.98 Å². The molecule has 0 spiro atoms. The van der Waals surface area contributed by atoms with E-state index in [1.54, 1.807) is 0 Å². The monoisotopic (exact) mass is 327 g/mol. The average Bonchev–Trinajstić information content (AvgIpc) is 2.95. The molecule has 2 heterocycles. The smallest absolute Gasteiger partial charge is 0.143 e. The average molecular weight is 327 g/mol. The Kier molecular flexibility index (Phi) is 3.77. The first-order valence-electron chi connectivity index (χ1n) is 8.50. The number of fused-ring (bicyclic) bond motifs is 1. The lowest BCUT2D eigenvalue weighted by molar-refractivity contribution is 1.15. The maximum absolute atomic E-state index is 4.88. The normalized spacial score (nSPS) is 11.0. The summed E-state index contributed by atoms with van der Waals surface area (Å²) in [5.41, 5.74) is 7.78. The predicted octanol–water partition coefficient (Wildman–Crippen LogP) is 5.67. The van der Waals surface area contributed by atoms with Gasteiger partial charge in [0.1, 0.15) is 17.2 Å². The molecule has 0 aliphatic rings. The fourth-order valence-corrected chi connectivity index (χ4v) is 3.02. The number of benzene rings is 2. The second-order valence-electron chi connectivity index (χ2n) is 6.55. The van der Waals surface area contributed by atoms with Crippen LogP contribution in [0.15, 0.2) is 66.9 Å². The van der Waals surface area contributed by atoms with Crippen LogP contribution >= 0.6 is 0 Å². The summed E-state index contributed by atoms with van der Waals surface area (Å²) in [6.45, 7) is 6.31. The van der Waals surface area contributed by atoms with Gasteiger partial charge in [0.05, 0.1) is 0 Å². The second kappa shape index (κ2) is 6.10. The van der Waals surface area contributed by atoms with E-state index in [0.717, 1.165) is 28.4 Å². The van der Waals surface area contributed by atoms with Gasteiger partial charge in [0, 0.05) is 17.4 Å². The lowest BCUT2D eigenvalue weighted by Crippen LogP contribution is -1.99. The molecule has 124 valence electrons. The van der Waals surface area contributed by atoms with Gasteiger partial charge < -0.3 is 5.32 Å². The Hall–Kier alpha value is -3.07. The summed E-state index contributed by atoms with van der Waals surface area (Å²) in [6, 6.07) is 21.0. The highest BCUT2D eigenvalue weighted by molar-refractivity contribution is 5.80. The van der Waals surface area contributed by atoms with E-state index in [1.165, 1.54) is 16.7 Å². The van der Waals surface area contributed by atoms with Crippen LogP contribution in [0.5, 0.6) is 0 Å². The number of para-hydroxylation sites is 1. The topological polar surface area (TPSA) is 29.3 Å². The van der Waals surface area contributed by atoms with E-state index in [0.29, 0.717) is 0 Å². The predicted molar refractivity (Wildman–Crippen MR) is 105 cm³/mol. The van der Waals surface area contributed by atoms with Crippen LogP contribution in [0.2, 0.25) is 0 Å². The number of rotatable bonds is 3. The maximum Gasteiger partial charge on any atom is 0.143 e. The summed E-state index contributed by atoms with van der Waals surface area (Å²) >= 11 is 0. The first-order chi connectivity index (χ1) is 12.1. The molecule has 0 aliphatic carbocycles. The third kappa shape index (κ3) is 2.89. The summed E-state index contributed by atoms with van der Waals surface area (Å²) in [5.74, 6) is 0.997. The van der Waals surface area contributed by atoms with E-state index in [2.05, 4.69) is 97.3 Å². The Morgan fingerprint density at radius 3 is 2.28 bits per heavy atom. The molecule has 0 amide bonds. The van der Waals surface area contributed by atoms with Gasteiger partial charge in [-0.1, -0.05) is 54.1 Å². The zero-order valence-corrected chi connectivity index (χ0v) is 14.7. The van der Waals surface area contributed by atoms with Crippen LogP contribution in [0.25, 0.3) is 16.9 Å². The Balaban J connectivity index is 1.93. The minimum Gasteiger partial charge on any atom is -0.339 e. The van der Waals surface area contributed by atoms with Crippen molar-refractivity contribution < 1.29 is 0 Å². The van der Waals surface area contributed by atoms with Crippen molar-refractivity contribution >= 4 is 17.2 Å². The number of anilines is 2. The van der Waals surface area contributed by atoms with Gasteiger partial charge in [-0.25, -0.2) is 4.98 Å². The molecule has 0 atom stereocenters.